The van der Waals surface area contributed by atoms with Crippen LogP contribution < -0.4 is 14.8 Å². The minimum absolute atomic E-state index is 0.205. The molecule has 1 aromatic heterocycles. The summed E-state index contributed by atoms with van der Waals surface area (Å²) in [5.41, 5.74) is 4.70. The Morgan fingerprint density at radius 3 is 2.52 bits per heavy atom. The molecule has 9 heteroatoms. The molecule has 208 valence electrons. The van der Waals surface area contributed by atoms with Crippen LogP contribution in [0.25, 0.3) is 11.1 Å². The van der Waals surface area contributed by atoms with Gasteiger partial charge in [-0.3, -0.25) is 15.1 Å². The van der Waals surface area contributed by atoms with Crippen LogP contribution in [0, 0.1) is 0 Å². The van der Waals surface area contributed by atoms with Gasteiger partial charge in [-0.05, 0) is 46.1 Å². The summed E-state index contributed by atoms with van der Waals surface area (Å²) in [5.74, 6) is 0.443. The third-order valence-corrected chi connectivity index (χ3v) is 7.30. The number of nitrogens with one attached hydrogen (secondary N) is 1. The molecule has 4 rings (SSSR count). The largest absolute Gasteiger partial charge is 0.488 e. The predicted molar refractivity (Wildman–Crippen MR) is 158 cm³/mol. The number of aliphatic hydroxyl groups excluding tert-OH is 1. The van der Waals surface area contributed by atoms with Gasteiger partial charge < -0.3 is 19.3 Å². The normalized spacial score (nSPS) is 11.6. The Balaban J connectivity index is 1.55. The SMILES string of the molecule is CCOC(=O)[C@H](CO)NCc1cc(Cl)c(OCc2cccc(-c3ccccc3)c2Br)cc1OCc1cccnc1. The number of hydrogen-bond acceptors (Lipinski definition) is 7. The molecular weight excluding hydrogens is 596 g/mol. The fraction of sp³-hybridized carbons (Fsp3) is 0.226. The van der Waals surface area contributed by atoms with E-state index >= 15 is 0 Å². The number of ether oxygens (including phenoxy) is 3. The molecule has 0 fully saturated rings. The molecule has 0 unspecified atom stereocenters. The van der Waals surface area contributed by atoms with Crippen LogP contribution in [0.5, 0.6) is 11.5 Å². The van der Waals surface area contributed by atoms with Crippen LogP contribution in [0.2, 0.25) is 5.02 Å². The van der Waals surface area contributed by atoms with E-state index in [1.54, 1.807) is 31.5 Å². The maximum atomic E-state index is 12.1. The van der Waals surface area contributed by atoms with Crippen LogP contribution in [0.1, 0.15) is 23.6 Å². The summed E-state index contributed by atoms with van der Waals surface area (Å²) in [4.78, 5) is 16.3. The Hall–Kier alpha value is -3.43. The maximum absolute atomic E-state index is 12.1. The second kappa shape index (κ2) is 14.8. The monoisotopic (exact) mass is 624 g/mol. The number of nitrogens with zero attached hydrogens (tertiary/aromatic N) is 1. The second-order valence-corrected chi connectivity index (χ2v) is 10.0. The van der Waals surface area contributed by atoms with E-state index < -0.39 is 18.6 Å². The van der Waals surface area contributed by atoms with Crippen LogP contribution in [0.4, 0.5) is 0 Å². The van der Waals surface area contributed by atoms with Crippen molar-refractivity contribution in [2.75, 3.05) is 13.2 Å². The highest BCUT2D eigenvalue weighted by Crippen LogP contribution is 2.36. The molecule has 0 bridgehead atoms. The van der Waals surface area contributed by atoms with Gasteiger partial charge in [-0.2, -0.15) is 0 Å². The summed E-state index contributed by atoms with van der Waals surface area (Å²) in [6, 6.07) is 22.5. The lowest BCUT2D eigenvalue weighted by Gasteiger charge is -2.19. The van der Waals surface area contributed by atoms with Crippen molar-refractivity contribution in [2.45, 2.75) is 32.7 Å². The quantitative estimate of drug-likeness (QED) is 0.168. The third-order valence-electron chi connectivity index (χ3n) is 6.07. The molecule has 3 aromatic carbocycles. The van der Waals surface area contributed by atoms with E-state index in [0.29, 0.717) is 22.1 Å². The van der Waals surface area contributed by atoms with Crippen molar-refractivity contribution in [1.29, 1.82) is 0 Å². The van der Waals surface area contributed by atoms with Gasteiger partial charge in [-0.1, -0.05) is 66.2 Å². The van der Waals surface area contributed by atoms with Gasteiger partial charge >= 0.3 is 5.97 Å². The van der Waals surface area contributed by atoms with E-state index in [1.807, 2.05) is 42.5 Å². The van der Waals surface area contributed by atoms with Crippen molar-refractivity contribution >= 4 is 33.5 Å². The van der Waals surface area contributed by atoms with E-state index in [-0.39, 0.29) is 26.4 Å². The topological polar surface area (TPSA) is 89.9 Å². The van der Waals surface area contributed by atoms with Crippen LogP contribution in [0.3, 0.4) is 0 Å². The lowest BCUT2D eigenvalue weighted by atomic mass is 10.0. The maximum Gasteiger partial charge on any atom is 0.325 e. The Morgan fingerprint density at radius 2 is 1.80 bits per heavy atom. The lowest BCUT2D eigenvalue weighted by Crippen LogP contribution is -2.40. The molecule has 0 radical (unpaired) electrons. The lowest BCUT2D eigenvalue weighted by molar-refractivity contribution is -0.146. The number of carbonyl (C=O) groups is 1. The number of rotatable bonds is 13. The molecule has 0 aliphatic rings. The number of aromatic nitrogens is 1. The first-order valence-electron chi connectivity index (χ1n) is 12.8. The van der Waals surface area contributed by atoms with Crippen molar-refractivity contribution in [3.63, 3.8) is 0 Å². The Labute approximate surface area is 247 Å². The third kappa shape index (κ3) is 7.82. The number of benzene rings is 3. The van der Waals surface area contributed by atoms with Gasteiger partial charge in [0.25, 0.3) is 0 Å². The summed E-state index contributed by atoms with van der Waals surface area (Å²) in [6.45, 7) is 2.28. The zero-order chi connectivity index (χ0) is 28.3. The molecule has 4 aromatic rings. The Kier molecular flexibility index (Phi) is 10.9. The van der Waals surface area contributed by atoms with Crippen LogP contribution in [-0.4, -0.2) is 35.3 Å². The molecule has 1 heterocycles. The number of hydrogen-bond donors (Lipinski definition) is 2. The van der Waals surface area contributed by atoms with Crippen molar-refractivity contribution in [3.8, 4) is 22.6 Å². The average molecular weight is 626 g/mol. The van der Waals surface area contributed by atoms with Gasteiger partial charge in [0.1, 0.15) is 30.8 Å². The number of carbonyl (C=O) groups excluding carboxylic acids is 1. The predicted octanol–water partition coefficient (Wildman–Crippen LogP) is 6.34. The molecule has 0 aliphatic carbocycles. The number of halogens is 2. The average Bonchev–Trinajstić information content (AvgIpc) is 2.98. The summed E-state index contributed by atoms with van der Waals surface area (Å²) in [7, 11) is 0. The number of esters is 1. The van der Waals surface area contributed by atoms with Crippen molar-refractivity contribution in [2.24, 2.45) is 0 Å². The van der Waals surface area contributed by atoms with Crippen molar-refractivity contribution in [1.82, 2.24) is 10.3 Å². The van der Waals surface area contributed by atoms with Crippen LogP contribution >= 0.6 is 27.5 Å². The minimum Gasteiger partial charge on any atom is -0.488 e. The molecule has 2 N–H and O–H groups in total. The highest BCUT2D eigenvalue weighted by molar-refractivity contribution is 9.10. The van der Waals surface area contributed by atoms with Gasteiger partial charge in [0, 0.05) is 46.2 Å². The zero-order valence-electron chi connectivity index (χ0n) is 22.0. The standard InChI is InChI=1S/C31H30BrClN2O5/c1-2-38-31(37)27(18-36)35-17-24-14-26(33)29(15-28(24)39-19-21-8-7-13-34-16-21)40-20-23-11-6-12-25(30(23)32)22-9-4-3-5-10-22/h3-16,27,35-36H,2,17-20H2,1H3/t27-/m0/s1. The van der Waals surface area contributed by atoms with Crippen LogP contribution in [0.15, 0.2) is 89.7 Å². The summed E-state index contributed by atoms with van der Waals surface area (Å²) in [6.07, 6.45) is 3.42. The molecule has 7 nitrogen and oxygen atoms in total. The van der Waals surface area contributed by atoms with E-state index in [2.05, 4.69) is 44.4 Å². The minimum atomic E-state index is -0.880. The van der Waals surface area contributed by atoms with Gasteiger partial charge in [-0.15, -0.1) is 0 Å². The number of pyridine rings is 1. The Bertz CT molecular complexity index is 1410. The van der Waals surface area contributed by atoms with Crippen LogP contribution in [-0.2, 0) is 29.3 Å². The first-order valence-corrected chi connectivity index (χ1v) is 14.0. The molecular formula is C31H30BrClN2O5. The molecule has 0 aliphatic heterocycles. The van der Waals surface area contributed by atoms with Crippen molar-refractivity contribution in [3.05, 3.63) is 111 Å². The van der Waals surface area contributed by atoms with E-state index in [9.17, 15) is 9.90 Å². The smallest absolute Gasteiger partial charge is 0.325 e. The molecule has 0 spiro atoms. The van der Waals surface area contributed by atoms with Gasteiger partial charge in [0.15, 0.2) is 0 Å². The summed E-state index contributed by atoms with van der Waals surface area (Å²) < 4.78 is 18.3. The van der Waals surface area contributed by atoms with Gasteiger partial charge in [0.2, 0.25) is 0 Å². The highest BCUT2D eigenvalue weighted by atomic mass is 79.9. The summed E-state index contributed by atoms with van der Waals surface area (Å²) >= 11 is 10.4. The molecule has 1 atom stereocenters. The van der Waals surface area contributed by atoms with E-state index in [0.717, 1.165) is 26.7 Å². The number of aliphatic hydroxyl groups is 1. The van der Waals surface area contributed by atoms with Crippen molar-refractivity contribution < 1.29 is 24.1 Å². The zero-order valence-corrected chi connectivity index (χ0v) is 24.3. The summed E-state index contributed by atoms with van der Waals surface area (Å²) in [5, 5.41) is 13.1. The van der Waals surface area contributed by atoms with E-state index in [4.69, 9.17) is 25.8 Å². The fourth-order valence-electron chi connectivity index (χ4n) is 3.99. The first-order chi connectivity index (χ1) is 19.5. The molecule has 0 saturated carbocycles. The van der Waals surface area contributed by atoms with E-state index in [1.165, 1.54) is 0 Å². The van der Waals surface area contributed by atoms with Gasteiger partial charge in [-0.25, -0.2) is 0 Å². The second-order valence-electron chi connectivity index (χ2n) is 8.84. The molecule has 0 saturated heterocycles. The highest BCUT2D eigenvalue weighted by Gasteiger charge is 2.20. The fourth-order valence-corrected chi connectivity index (χ4v) is 4.84. The molecule has 0 amide bonds. The van der Waals surface area contributed by atoms with Gasteiger partial charge in [0.05, 0.1) is 18.2 Å². The first kappa shape index (κ1) is 29.6. The Morgan fingerprint density at radius 1 is 1.00 bits per heavy atom. The molecule has 40 heavy (non-hydrogen) atoms.